The molecule has 0 heterocycles. The molecule has 0 bridgehead atoms. The van der Waals surface area contributed by atoms with Crippen LogP contribution in [0.2, 0.25) is 0 Å². The fourth-order valence-electron chi connectivity index (χ4n) is 3.47. The normalized spacial score (nSPS) is 32.9. The van der Waals surface area contributed by atoms with Gasteiger partial charge in [-0.25, -0.2) is 0 Å². The molecule has 1 N–H and O–H groups in total. The van der Waals surface area contributed by atoms with E-state index in [4.69, 9.17) is 4.74 Å². The lowest BCUT2D eigenvalue weighted by Crippen LogP contribution is -2.31. The summed E-state index contributed by atoms with van der Waals surface area (Å²) >= 11 is 0. The summed E-state index contributed by atoms with van der Waals surface area (Å²) in [7, 11) is 1.64. The largest absolute Gasteiger partial charge is 0.497 e. The zero-order valence-electron chi connectivity index (χ0n) is 10.6. The second-order valence-electron chi connectivity index (χ2n) is 5.78. The highest BCUT2D eigenvalue weighted by molar-refractivity contribution is 5.76. The lowest BCUT2D eigenvalue weighted by Gasteiger charge is -2.26. The molecule has 2 atom stereocenters. The third kappa shape index (κ3) is 1.88. The summed E-state index contributed by atoms with van der Waals surface area (Å²) < 4.78 is 5.20. The Morgan fingerprint density at radius 2 is 2.17 bits per heavy atom. The molecular weight excluding hydrogens is 228 g/mol. The van der Waals surface area contributed by atoms with E-state index in [9.17, 15) is 9.90 Å². The Kier molecular flexibility index (Phi) is 2.58. The Hall–Kier alpha value is -1.51. The first-order chi connectivity index (χ1) is 8.63. The van der Waals surface area contributed by atoms with Crippen molar-refractivity contribution >= 4 is 5.97 Å². The van der Waals surface area contributed by atoms with E-state index in [1.165, 1.54) is 6.42 Å². The van der Waals surface area contributed by atoms with Gasteiger partial charge in [0.25, 0.3) is 0 Å². The third-order valence-electron chi connectivity index (χ3n) is 4.51. The monoisotopic (exact) mass is 246 g/mol. The molecule has 3 rings (SSSR count). The lowest BCUT2D eigenvalue weighted by molar-refractivity contribution is -0.149. The summed E-state index contributed by atoms with van der Waals surface area (Å²) in [6, 6.07) is 7.77. The molecule has 96 valence electrons. The summed E-state index contributed by atoms with van der Waals surface area (Å²) in [6.07, 6.45) is 3.58. The second kappa shape index (κ2) is 4.01. The molecule has 2 aliphatic carbocycles. The maximum atomic E-state index is 11.6. The average molecular weight is 246 g/mol. The van der Waals surface area contributed by atoms with Gasteiger partial charge in [0.2, 0.25) is 0 Å². The number of hydrogen-bond acceptors (Lipinski definition) is 2. The van der Waals surface area contributed by atoms with Crippen LogP contribution in [-0.4, -0.2) is 18.2 Å². The molecule has 0 spiro atoms. The number of ether oxygens (including phenoxy) is 1. The number of aliphatic carboxylic acids is 1. The quantitative estimate of drug-likeness (QED) is 0.888. The molecule has 0 saturated heterocycles. The first kappa shape index (κ1) is 11.6. The summed E-state index contributed by atoms with van der Waals surface area (Å²) in [4.78, 5) is 11.6. The zero-order chi connectivity index (χ0) is 12.8. The Bertz CT molecular complexity index is 470. The first-order valence-corrected chi connectivity index (χ1v) is 6.49. The molecule has 3 heteroatoms. The molecule has 2 saturated carbocycles. The number of benzene rings is 1. The number of carbonyl (C=O) groups is 1. The molecule has 2 unspecified atom stereocenters. The predicted octanol–water partition coefficient (Wildman–Crippen LogP) is 2.74. The van der Waals surface area contributed by atoms with E-state index in [1.807, 2.05) is 24.3 Å². The number of methoxy groups -OCH3 is 1. The van der Waals surface area contributed by atoms with Crippen LogP contribution < -0.4 is 4.74 Å². The van der Waals surface area contributed by atoms with Crippen molar-refractivity contribution in [1.82, 2.24) is 0 Å². The first-order valence-electron chi connectivity index (χ1n) is 6.49. The van der Waals surface area contributed by atoms with Crippen LogP contribution in [0.15, 0.2) is 24.3 Å². The van der Waals surface area contributed by atoms with Crippen LogP contribution >= 0.6 is 0 Å². The van der Waals surface area contributed by atoms with Crippen LogP contribution in [0.3, 0.4) is 0 Å². The highest BCUT2D eigenvalue weighted by Gasteiger charge is 2.57. The molecule has 1 aromatic rings. The molecule has 2 fully saturated rings. The fraction of sp³-hybridized carbons (Fsp3) is 0.533. The van der Waals surface area contributed by atoms with Crippen LogP contribution in [-0.2, 0) is 11.2 Å². The van der Waals surface area contributed by atoms with Crippen molar-refractivity contribution in [3.8, 4) is 5.75 Å². The molecule has 3 nitrogen and oxygen atoms in total. The van der Waals surface area contributed by atoms with Gasteiger partial charge >= 0.3 is 5.97 Å². The van der Waals surface area contributed by atoms with Gasteiger partial charge in [-0.1, -0.05) is 12.1 Å². The SMILES string of the molecule is COc1cccc(CC2(C(=O)O)CC3CC3C2)c1. The van der Waals surface area contributed by atoms with Crippen LogP contribution in [0.5, 0.6) is 5.75 Å². The van der Waals surface area contributed by atoms with Crippen LogP contribution in [0.4, 0.5) is 0 Å². The summed E-state index contributed by atoms with van der Waals surface area (Å²) in [6.45, 7) is 0. The minimum Gasteiger partial charge on any atom is -0.497 e. The van der Waals surface area contributed by atoms with Gasteiger partial charge in [0.15, 0.2) is 0 Å². The summed E-state index contributed by atoms with van der Waals surface area (Å²) in [5.74, 6) is 1.52. The highest BCUT2D eigenvalue weighted by Crippen LogP contribution is 2.60. The van der Waals surface area contributed by atoms with Crippen molar-refractivity contribution in [2.24, 2.45) is 17.3 Å². The number of rotatable bonds is 4. The third-order valence-corrected chi connectivity index (χ3v) is 4.51. The lowest BCUT2D eigenvalue weighted by atomic mass is 9.77. The number of fused-ring (bicyclic) bond motifs is 1. The van der Waals surface area contributed by atoms with Crippen molar-refractivity contribution < 1.29 is 14.6 Å². The van der Waals surface area contributed by atoms with Gasteiger partial charge in [0.1, 0.15) is 5.75 Å². The molecule has 2 aliphatic rings. The van der Waals surface area contributed by atoms with Crippen molar-refractivity contribution in [2.45, 2.75) is 25.7 Å². The molecule has 0 aliphatic heterocycles. The number of carboxylic acid groups (broad SMARTS) is 1. The Balaban J connectivity index is 1.82. The Morgan fingerprint density at radius 1 is 1.44 bits per heavy atom. The van der Waals surface area contributed by atoms with Gasteiger partial charge in [-0.15, -0.1) is 0 Å². The molecular formula is C15H18O3. The van der Waals surface area contributed by atoms with E-state index in [2.05, 4.69) is 0 Å². The van der Waals surface area contributed by atoms with E-state index in [1.54, 1.807) is 7.11 Å². The van der Waals surface area contributed by atoms with Gasteiger partial charge in [-0.3, -0.25) is 4.79 Å². The number of hydrogen-bond donors (Lipinski definition) is 1. The van der Waals surface area contributed by atoms with E-state index in [0.717, 1.165) is 24.2 Å². The molecule has 0 aromatic heterocycles. The molecule has 1 aromatic carbocycles. The molecule has 0 amide bonds. The van der Waals surface area contributed by atoms with Crippen LogP contribution in [0.25, 0.3) is 0 Å². The van der Waals surface area contributed by atoms with Crippen LogP contribution in [0, 0.1) is 17.3 Å². The van der Waals surface area contributed by atoms with E-state index < -0.39 is 11.4 Å². The van der Waals surface area contributed by atoms with Gasteiger partial charge in [0, 0.05) is 0 Å². The van der Waals surface area contributed by atoms with Gasteiger partial charge in [0.05, 0.1) is 12.5 Å². The topological polar surface area (TPSA) is 46.5 Å². The van der Waals surface area contributed by atoms with E-state index in [0.29, 0.717) is 18.3 Å². The predicted molar refractivity (Wildman–Crippen MR) is 67.6 cm³/mol. The zero-order valence-corrected chi connectivity index (χ0v) is 10.6. The van der Waals surface area contributed by atoms with Crippen molar-refractivity contribution in [2.75, 3.05) is 7.11 Å². The van der Waals surface area contributed by atoms with Crippen LogP contribution in [0.1, 0.15) is 24.8 Å². The standard InChI is InChI=1S/C15H18O3/c1-18-13-4-2-3-10(5-13)7-15(14(16)17)8-11-6-12(11)9-15/h2-5,11-12H,6-9H2,1H3,(H,16,17). The van der Waals surface area contributed by atoms with E-state index in [-0.39, 0.29) is 0 Å². The summed E-state index contributed by atoms with van der Waals surface area (Å²) in [5.41, 5.74) is 0.540. The average Bonchev–Trinajstić information content (AvgIpc) is 2.97. The maximum Gasteiger partial charge on any atom is 0.309 e. The minimum absolute atomic E-state index is 0.528. The van der Waals surface area contributed by atoms with Crippen molar-refractivity contribution in [1.29, 1.82) is 0 Å². The summed E-state index contributed by atoms with van der Waals surface area (Å²) in [5, 5.41) is 9.56. The Labute approximate surface area is 107 Å². The smallest absolute Gasteiger partial charge is 0.309 e. The van der Waals surface area contributed by atoms with E-state index >= 15 is 0 Å². The maximum absolute atomic E-state index is 11.6. The van der Waals surface area contributed by atoms with Gasteiger partial charge in [-0.2, -0.15) is 0 Å². The minimum atomic E-state index is -0.627. The van der Waals surface area contributed by atoms with Gasteiger partial charge < -0.3 is 9.84 Å². The highest BCUT2D eigenvalue weighted by atomic mass is 16.5. The second-order valence-corrected chi connectivity index (χ2v) is 5.78. The van der Waals surface area contributed by atoms with Gasteiger partial charge in [-0.05, 0) is 55.2 Å². The van der Waals surface area contributed by atoms with Crippen molar-refractivity contribution in [3.05, 3.63) is 29.8 Å². The molecule has 0 radical (unpaired) electrons. The van der Waals surface area contributed by atoms with Crippen molar-refractivity contribution in [3.63, 3.8) is 0 Å². The molecule has 18 heavy (non-hydrogen) atoms. The Morgan fingerprint density at radius 3 is 2.78 bits per heavy atom. The number of carboxylic acids is 1. The fourth-order valence-corrected chi connectivity index (χ4v) is 3.47.